The molecule has 1 fully saturated rings. The van der Waals surface area contributed by atoms with Crippen LogP contribution in [0, 0.1) is 11.3 Å². The van der Waals surface area contributed by atoms with Crippen molar-refractivity contribution in [1.82, 2.24) is 4.90 Å². The van der Waals surface area contributed by atoms with Gasteiger partial charge in [-0.25, -0.2) is 0 Å². The van der Waals surface area contributed by atoms with Crippen LogP contribution in [0.1, 0.15) is 47.1 Å². The first-order chi connectivity index (χ1) is 14.9. The Morgan fingerprint density at radius 3 is 1.85 bits per heavy atom. The highest BCUT2D eigenvalue weighted by molar-refractivity contribution is 6.74. The summed E-state index contributed by atoms with van der Waals surface area (Å²) in [6.07, 6.45) is -1.39. The third kappa shape index (κ3) is 5.88. The first kappa shape index (κ1) is 27.6. The number of hydrogen-bond donors (Lipinski definition) is 0. The van der Waals surface area contributed by atoms with Crippen LogP contribution in [0.5, 0.6) is 5.75 Å². The van der Waals surface area contributed by atoms with E-state index < -0.39 is 34.9 Å². The van der Waals surface area contributed by atoms with Crippen molar-refractivity contribution < 1.29 is 18.4 Å². The second-order valence-corrected chi connectivity index (χ2v) is 21.5. The maximum absolute atomic E-state index is 13.7. The van der Waals surface area contributed by atoms with Gasteiger partial charge in [-0.2, -0.15) is 5.26 Å². The Labute approximate surface area is 202 Å². The molecule has 6 nitrogen and oxygen atoms in total. The lowest BCUT2D eigenvalue weighted by molar-refractivity contribution is -0.135. The van der Waals surface area contributed by atoms with Crippen molar-refractivity contribution in [1.29, 1.82) is 5.26 Å². The van der Waals surface area contributed by atoms with Crippen LogP contribution in [0.3, 0.4) is 0 Å². The first-order valence-electron chi connectivity index (χ1n) is 11.6. The Hall–Kier alpha value is -1.67. The number of methoxy groups -OCH3 is 1. The third-order valence-corrected chi connectivity index (χ3v) is 16.5. The summed E-state index contributed by atoms with van der Waals surface area (Å²) in [5.74, 6) is 0.590. The number of benzene rings is 1. The molecule has 184 valence electrons. The van der Waals surface area contributed by atoms with Crippen molar-refractivity contribution >= 4 is 22.5 Å². The molecule has 8 heteroatoms. The van der Waals surface area contributed by atoms with Crippen LogP contribution >= 0.6 is 0 Å². The summed E-state index contributed by atoms with van der Waals surface area (Å²) >= 11 is 0. The Morgan fingerprint density at radius 1 is 0.939 bits per heavy atom. The van der Waals surface area contributed by atoms with Crippen molar-refractivity contribution in [2.24, 2.45) is 0 Å². The van der Waals surface area contributed by atoms with Gasteiger partial charge >= 0.3 is 0 Å². The number of carbonyl (C=O) groups excluding carboxylic acids is 1. The number of nitrogens with zero attached hydrogens (tertiary/aromatic N) is 2. The van der Waals surface area contributed by atoms with E-state index in [0.29, 0.717) is 6.54 Å². The fraction of sp³-hybridized carbons (Fsp3) is 0.680. The highest BCUT2D eigenvalue weighted by atomic mass is 28.4. The number of carbonyl (C=O) groups is 1. The van der Waals surface area contributed by atoms with Crippen molar-refractivity contribution in [2.45, 2.75) is 103 Å². The minimum atomic E-state index is -2.29. The summed E-state index contributed by atoms with van der Waals surface area (Å²) < 4.78 is 18.6. The van der Waals surface area contributed by atoms with Gasteiger partial charge in [-0.15, -0.1) is 0 Å². The van der Waals surface area contributed by atoms with Gasteiger partial charge in [-0.1, -0.05) is 53.7 Å². The standard InChI is InChI=1S/C25H42N2O4Si2/c1-24(2,3)32(8,9)30-21-20(16-26)27(17-18-12-14-19(29-7)15-13-18)23(28)22(21)31-33(10,11)25(4,5)6/h12-15,20-22H,17H2,1-11H3/t20-,21-,22+/m0/s1. The Balaban J connectivity index is 2.46. The number of likely N-dealkylation sites (tertiary alicyclic amines) is 1. The molecule has 0 aliphatic carbocycles. The van der Waals surface area contributed by atoms with Crippen LogP contribution in [0.4, 0.5) is 0 Å². The molecule has 0 N–H and O–H groups in total. The number of ether oxygens (including phenoxy) is 1. The van der Waals surface area contributed by atoms with Gasteiger partial charge in [0.2, 0.25) is 0 Å². The summed E-state index contributed by atoms with van der Waals surface area (Å²) in [5, 5.41) is 10.1. The monoisotopic (exact) mass is 490 g/mol. The van der Waals surface area contributed by atoms with Crippen LogP contribution in [0.25, 0.3) is 0 Å². The van der Waals surface area contributed by atoms with Gasteiger partial charge in [0.25, 0.3) is 5.91 Å². The van der Waals surface area contributed by atoms with E-state index in [1.165, 1.54) is 0 Å². The second-order valence-electron chi connectivity index (χ2n) is 12.0. The van der Waals surface area contributed by atoms with Crippen LogP contribution < -0.4 is 4.74 Å². The Morgan fingerprint density at radius 2 is 1.42 bits per heavy atom. The summed E-state index contributed by atoms with van der Waals surface area (Å²) in [6, 6.07) is 9.25. The topological polar surface area (TPSA) is 71.8 Å². The Bertz CT molecular complexity index is 880. The van der Waals surface area contributed by atoms with E-state index in [9.17, 15) is 10.1 Å². The average molecular weight is 491 g/mol. The second kappa shape index (κ2) is 9.53. The molecule has 0 radical (unpaired) electrons. The number of amides is 1. The van der Waals surface area contributed by atoms with Crippen molar-refractivity contribution in [3.05, 3.63) is 29.8 Å². The van der Waals surface area contributed by atoms with Crippen molar-refractivity contribution in [2.75, 3.05) is 7.11 Å². The SMILES string of the molecule is COc1ccc(CN2C(=O)[C@H](O[Si](C)(C)C(C)(C)C)[C@@H](O[Si](C)(C)C(C)(C)C)[C@@H]2C#N)cc1. The maximum Gasteiger partial charge on any atom is 0.254 e. The minimum Gasteiger partial charge on any atom is -0.497 e. The van der Waals surface area contributed by atoms with Crippen LogP contribution in [-0.2, 0) is 20.2 Å². The molecule has 3 atom stereocenters. The number of nitriles is 1. The smallest absolute Gasteiger partial charge is 0.254 e. The quantitative estimate of drug-likeness (QED) is 0.458. The molecule has 1 aromatic carbocycles. The van der Waals surface area contributed by atoms with E-state index in [4.69, 9.17) is 13.6 Å². The van der Waals surface area contributed by atoms with Gasteiger partial charge in [-0.05, 0) is 54.0 Å². The lowest BCUT2D eigenvalue weighted by Gasteiger charge is -2.42. The van der Waals surface area contributed by atoms with E-state index >= 15 is 0 Å². The summed E-state index contributed by atoms with van der Waals surface area (Å²) in [6.45, 7) is 21.9. The molecule has 1 aromatic rings. The first-order valence-corrected chi connectivity index (χ1v) is 17.5. The van der Waals surface area contributed by atoms with Gasteiger partial charge in [0.05, 0.1) is 13.2 Å². The van der Waals surface area contributed by atoms with E-state index in [1.54, 1.807) is 12.0 Å². The van der Waals surface area contributed by atoms with Gasteiger partial charge in [-0.3, -0.25) is 4.79 Å². The fourth-order valence-corrected chi connectivity index (χ4v) is 5.80. The maximum atomic E-state index is 13.7. The zero-order valence-electron chi connectivity index (χ0n) is 22.3. The summed E-state index contributed by atoms with van der Waals surface area (Å²) in [7, 11) is -2.93. The molecule has 33 heavy (non-hydrogen) atoms. The Kier molecular flexibility index (Phi) is 7.96. The molecule has 1 amide bonds. The summed E-state index contributed by atoms with van der Waals surface area (Å²) in [4.78, 5) is 15.4. The number of hydrogen-bond acceptors (Lipinski definition) is 5. The molecule has 1 heterocycles. The molecule has 0 bridgehead atoms. The highest BCUT2D eigenvalue weighted by Gasteiger charge is 2.56. The highest BCUT2D eigenvalue weighted by Crippen LogP contribution is 2.43. The van der Waals surface area contributed by atoms with Gasteiger partial charge in [0.15, 0.2) is 22.7 Å². The normalized spacial score (nSPS) is 22.4. The fourth-order valence-electron chi connectivity index (χ4n) is 3.29. The van der Waals surface area contributed by atoms with Crippen LogP contribution in [0.15, 0.2) is 24.3 Å². The lowest BCUT2D eigenvalue weighted by Crippen LogP contribution is -2.53. The predicted octanol–water partition coefficient (Wildman–Crippen LogP) is 5.71. The van der Waals surface area contributed by atoms with Gasteiger partial charge in [0, 0.05) is 6.54 Å². The summed E-state index contributed by atoms with van der Waals surface area (Å²) in [5.41, 5.74) is 0.934. The van der Waals surface area contributed by atoms with Crippen molar-refractivity contribution in [3.63, 3.8) is 0 Å². The molecule has 2 rings (SSSR count). The van der Waals surface area contributed by atoms with Gasteiger partial charge < -0.3 is 18.5 Å². The predicted molar refractivity (Wildman–Crippen MR) is 137 cm³/mol. The largest absolute Gasteiger partial charge is 0.497 e. The van der Waals surface area contributed by atoms with Crippen molar-refractivity contribution in [3.8, 4) is 11.8 Å². The molecular weight excluding hydrogens is 448 g/mol. The van der Waals surface area contributed by atoms with E-state index in [2.05, 4.69) is 73.8 Å². The zero-order chi connectivity index (χ0) is 25.4. The molecular formula is C25H42N2O4Si2. The molecule has 0 saturated carbocycles. The molecule has 1 saturated heterocycles. The molecule has 0 unspecified atom stereocenters. The van der Waals surface area contributed by atoms with Crippen LogP contribution in [-0.4, -0.2) is 52.8 Å². The minimum absolute atomic E-state index is 0.0546. The number of rotatable bonds is 7. The van der Waals surface area contributed by atoms with Crippen LogP contribution in [0.2, 0.25) is 36.3 Å². The lowest BCUT2D eigenvalue weighted by atomic mass is 10.1. The molecule has 0 aromatic heterocycles. The molecule has 1 aliphatic heterocycles. The van der Waals surface area contributed by atoms with E-state index in [-0.39, 0.29) is 16.0 Å². The molecule has 1 aliphatic rings. The third-order valence-electron chi connectivity index (χ3n) is 7.58. The van der Waals surface area contributed by atoms with Gasteiger partial charge in [0.1, 0.15) is 17.9 Å². The van der Waals surface area contributed by atoms with E-state index in [1.807, 2.05) is 24.3 Å². The zero-order valence-corrected chi connectivity index (χ0v) is 24.3. The average Bonchev–Trinajstić information content (AvgIpc) is 2.91. The van der Waals surface area contributed by atoms with E-state index in [0.717, 1.165) is 11.3 Å². The molecule has 0 spiro atoms.